The first-order valence-corrected chi connectivity index (χ1v) is 7.08. The number of benzene rings is 2. The molecule has 0 spiro atoms. The van der Waals surface area contributed by atoms with Crippen molar-refractivity contribution < 1.29 is 14.3 Å². The first-order valence-electron chi connectivity index (χ1n) is 7.08. The predicted octanol–water partition coefficient (Wildman–Crippen LogP) is 4.11. The number of halogens is 1. The topological polar surface area (TPSA) is 74.0 Å². The number of hydrogen-bond donors (Lipinski definition) is 1. The summed E-state index contributed by atoms with van der Waals surface area (Å²) in [5.74, 6) is -1.57. The number of nitrogens with zero attached hydrogens (tertiary/aromatic N) is 2. The lowest BCUT2D eigenvalue weighted by Crippen LogP contribution is -2.00. The van der Waals surface area contributed by atoms with Crippen LogP contribution in [0.3, 0.4) is 0 Å². The summed E-state index contributed by atoms with van der Waals surface area (Å²) in [5, 5.41) is 18.5. The zero-order valence-corrected chi connectivity index (χ0v) is 12.4. The molecule has 0 saturated heterocycles. The Kier molecular flexibility index (Phi) is 4.04. The minimum atomic E-state index is -1.10. The number of rotatable bonds is 3. The van der Waals surface area contributed by atoms with Gasteiger partial charge in [0.15, 0.2) is 0 Å². The number of fused-ring (bicyclic) bond motifs is 1. The van der Waals surface area contributed by atoms with Gasteiger partial charge in [0.25, 0.3) is 0 Å². The molecule has 0 radical (unpaired) electrons. The lowest BCUT2D eigenvalue weighted by atomic mass is 10.1. The Balaban J connectivity index is 2.03. The molecule has 0 aliphatic rings. The normalized spacial score (nSPS) is 10.8. The van der Waals surface area contributed by atoms with Gasteiger partial charge in [-0.25, -0.2) is 14.2 Å². The maximum Gasteiger partial charge on any atom is 0.336 e. The molecule has 0 aliphatic heterocycles. The van der Waals surface area contributed by atoms with Crippen LogP contribution in [0.15, 0.2) is 48.5 Å². The first kappa shape index (κ1) is 15.4. The molecule has 0 unspecified atom stereocenters. The molecule has 0 saturated carbocycles. The van der Waals surface area contributed by atoms with Gasteiger partial charge in [0.05, 0.1) is 28.4 Å². The van der Waals surface area contributed by atoms with Crippen LogP contribution >= 0.6 is 0 Å². The van der Waals surface area contributed by atoms with E-state index in [1.54, 1.807) is 36.4 Å². The number of aromatic nitrogens is 1. The zero-order valence-electron chi connectivity index (χ0n) is 12.4. The molecule has 5 heteroatoms. The maximum absolute atomic E-state index is 13.4. The largest absolute Gasteiger partial charge is 0.478 e. The van der Waals surface area contributed by atoms with Gasteiger partial charge in [-0.15, -0.1) is 0 Å². The van der Waals surface area contributed by atoms with Crippen molar-refractivity contribution in [3.63, 3.8) is 0 Å². The minimum Gasteiger partial charge on any atom is -0.478 e. The Hall–Kier alpha value is -3.52. The van der Waals surface area contributed by atoms with Crippen molar-refractivity contribution in [3.8, 4) is 6.07 Å². The summed E-state index contributed by atoms with van der Waals surface area (Å²) in [6, 6.07) is 14.2. The highest BCUT2D eigenvalue weighted by molar-refractivity contribution is 6.03. The molecule has 1 aromatic heterocycles. The molecular weight excluding hydrogens is 307 g/mol. The van der Waals surface area contributed by atoms with Crippen molar-refractivity contribution in [1.82, 2.24) is 4.98 Å². The van der Waals surface area contributed by atoms with Gasteiger partial charge >= 0.3 is 5.97 Å². The molecule has 116 valence electrons. The van der Waals surface area contributed by atoms with Crippen LogP contribution in [0.2, 0.25) is 0 Å². The Morgan fingerprint density at radius 2 is 1.88 bits per heavy atom. The maximum atomic E-state index is 13.4. The lowest BCUT2D eigenvalue weighted by molar-refractivity contribution is 0.0699. The number of carboxylic acid groups (broad SMARTS) is 1. The molecule has 0 aliphatic carbocycles. The lowest BCUT2D eigenvalue weighted by Gasteiger charge is -2.04. The monoisotopic (exact) mass is 318 g/mol. The van der Waals surface area contributed by atoms with Gasteiger partial charge in [-0.1, -0.05) is 18.2 Å². The van der Waals surface area contributed by atoms with Crippen molar-refractivity contribution in [2.75, 3.05) is 0 Å². The summed E-state index contributed by atoms with van der Waals surface area (Å²) in [7, 11) is 0. The van der Waals surface area contributed by atoms with Crippen LogP contribution in [0.25, 0.3) is 23.1 Å². The van der Waals surface area contributed by atoms with Gasteiger partial charge in [0.2, 0.25) is 0 Å². The predicted molar refractivity (Wildman–Crippen MR) is 88.7 cm³/mol. The van der Waals surface area contributed by atoms with Crippen LogP contribution in [0.5, 0.6) is 0 Å². The SMILES string of the molecule is N#Cc1ccc(/C=C/c2cc(C(=O)O)c3ccc(F)cc3n2)cc1. The number of carboxylic acids is 1. The first-order chi connectivity index (χ1) is 11.6. The van der Waals surface area contributed by atoms with E-state index in [-0.39, 0.29) is 11.1 Å². The van der Waals surface area contributed by atoms with E-state index in [1.807, 2.05) is 6.07 Å². The van der Waals surface area contributed by atoms with Gasteiger partial charge < -0.3 is 5.11 Å². The molecule has 3 aromatic rings. The van der Waals surface area contributed by atoms with Crippen molar-refractivity contribution >= 4 is 29.0 Å². The van der Waals surface area contributed by atoms with Gasteiger partial charge in [-0.2, -0.15) is 5.26 Å². The second kappa shape index (κ2) is 6.31. The van der Waals surface area contributed by atoms with Crippen LogP contribution in [0.1, 0.15) is 27.2 Å². The van der Waals surface area contributed by atoms with Crippen LogP contribution in [0, 0.1) is 17.1 Å². The van der Waals surface area contributed by atoms with Crippen molar-refractivity contribution in [1.29, 1.82) is 5.26 Å². The van der Waals surface area contributed by atoms with E-state index in [2.05, 4.69) is 4.98 Å². The number of aromatic carboxylic acids is 1. The molecule has 0 atom stereocenters. The molecule has 3 rings (SSSR count). The van der Waals surface area contributed by atoms with Crippen LogP contribution in [-0.2, 0) is 0 Å². The third-order valence-corrected chi connectivity index (χ3v) is 3.51. The van der Waals surface area contributed by atoms with Gasteiger partial charge in [-0.3, -0.25) is 0 Å². The highest BCUT2D eigenvalue weighted by atomic mass is 19.1. The summed E-state index contributed by atoms with van der Waals surface area (Å²) in [6.45, 7) is 0. The van der Waals surface area contributed by atoms with Crippen LogP contribution in [-0.4, -0.2) is 16.1 Å². The quantitative estimate of drug-likeness (QED) is 0.788. The summed E-state index contributed by atoms with van der Waals surface area (Å²) >= 11 is 0. The molecule has 0 fully saturated rings. The molecule has 0 bridgehead atoms. The van der Waals surface area contributed by atoms with E-state index < -0.39 is 11.8 Å². The summed E-state index contributed by atoms with van der Waals surface area (Å²) in [5.41, 5.74) is 2.16. The van der Waals surface area contributed by atoms with E-state index in [1.165, 1.54) is 24.3 Å². The molecule has 0 amide bonds. The fraction of sp³-hybridized carbons (Fsp3) is 0. The third kappa shape index (κ3) is 3.13. The molecule has 2 aromatic carbocycles. The van der Waals surface area contributed by atoms with Gasteiger partial charge in [-0.05, 0) is 42.0 Å². The third-order valence-electron chi connectivity index (χ3n) is 3.51. The second-order valence-electron chi connectivity index (χ2n) is 5.13. The molecular formula is C19H11FN2O2. The van der Waals surface area contributed by atoms with E-state index in [0.717, 1.165) is 5.56 Å². The van der Waals surface area contributed by atoms with Gasteiger partial charge in [0, 0.05) is 11.5 Å². The van der Waals surface area contributed by atoms with Crippen molar-refractivity contribution in [3.05, 3.63) is 76.7 Å². The minimum absolute atomic E-state index is 0.0690. The fourth-order valence-corrected chi connectivity index (χ4v) is 2.33. The molecule has 1 N–H and O–H groups in total. The van der Waals surface area contributed by atoms with Gasteiger partial charge in [0.1, 0.15) is 5.82 Å². The molecule has 1 heterocycles. The standard InChI is InChI=1S/C19H11FN2O2/c20-14-6-8-16-17(19(23)24)10-15(22-18(16)9-14)7-5-12-1-3-13(11-21)4-2-12/h1-10H,(H,23,24)/b7-5+. The van der Waals surface area contributed by atoms with Crippen molar-refractivity contribution in [2.45, 2.75) is 0 Å². The summed E-state index contributed by atoms with van der Waals surface area (Å²) in [4.78, 5) is 15.7. The molecule has 24 heavy (non-hydrogen) atoms. The highest BCUT2D eigenvalue weighted by Gasteiger charge is 2.11. The van der Waals surface area contributed by atoms with E-state index >= 15 is 0 Å². The molecule has 4 nitrogen and oxygen atoms in total. The second-order valence-corrected chi connectivity index (χ2v) is 5.13. The Morgan fingerprint density at radius 3 is 2.54 bits per heavy atom. The highest BCUT2D eigenvalue weighted by Crippen LogP contribution is 2.21. The average molecular weight is 318 g/mol. The number of hydrogen-bond acceptors (Lipinski definition) is 3. The smallest absolute Gasteiger partial charge is 0.336 e. The summed E-state index contributed by atoms with van der Waals surface area (Å²) < 4.78 is 13.4. The Bertz CT molecular complexity index is 1000. The number of carbonyl (C=O) groups is 1. The fourth-order valence-electron chi connectivity index (χ4n) is 2.33. The van der Waals surface area contributed by atoms with Crippen molar-refractivity contribution in [2.24, 2.45) is 0 Å². The zero-order chi connectivity index (χ0) is 17.1. The van der Waals surface area contributed by atoms with Crippen LogP contribution < -0.4 is 0 Å². The van der Waals surface area contributed by atoms with E-state index in [4.69, 9.17) is 5.26 Å². The summed E-state index contributed by atoms with van der Waals surface area (Å²) in [6.07, 6.45) is 3.40. The number of nitriles is 1. The van der Waals surface area contributed by atoms with E-state index in [9.17, 15) is 14.3 Å². The number of pyridine rings is 1. The Labute approximate surface area is 137 Å². The van der Waals surface area contributed by atoms with Crippen LogP contribution in [0.4, 0.5) is 4.39 Å². The van der Waals surface area contributed by atoms with E-state index in [0.29, 0.717) is 16.6 Å². The average Bonchev–Trinajstić information content (AvgIpc) is 2.59. The Morgan fingerprint density at radius 1 is 1.12 bits per heavy atom.